The second-order valence-electron chi connectivity index (χ2n) is 9.26. The zero-order valence-corrected chi connectivity index (χ0v) is 23.2. The van der Waals surface area contributed by atoms with Crippen LogP contribution in [0.4, 0.5) is 5.69 Å². The van der Waals surface area contributed by atoms with Crippen molar-refractivity contribution in [1.29, 1.82) is 0 Å². The van der Waals surface area contributed by atoms with Gasteiger partial charge in [-0.1, -0.05) is 89.6 Å². The maximum absolute atomic E-state index is 14.2. The highest BCUT2D eigenvalue weighted by molar-refractivity contribution is 8.10. The molecule has 0 spiro atoms. The minimum absolute atomic E-state index is 0.0172. The van der Waals surface area contributed by atoms with Crippen LogP contribution in [0, 0.1) is 13.8 Å². The van der Waals surface area contributed by atoms with Gasteiger partial charge in [-0.2, -0.15) is 0 Å². The normalized spacial score (nSPS) is 15.8. The number of anilines is 1. The number of esters is 1. The van der Waals surface area contributed by atoms with E-state index in [0.717, 1.165) is 33.0 Å². The molecule has 1 unspecified atom stereocenters. The van der Waals surface area contributed by atoms with E-state index < -0.39 is 27.0 Å². The monoisotopic (exact) mass is 558 g/mol. The van der Waals surface area contributed by atoms with Crippen molar-refractivity contribution < 1.29 is 22.7 Å². The summed E-state index contributed by atoms with van der Waals surface area (Å²) in [5.41, 5.74) is 9.88. The van der Waals surface area contributed by atoms with Gasteiger partial charge in [-0.15, -0.1) is 0 Å². The molecule has 1 aliphatic heterocycles. The van der Waals surface area contributed by atoms with E-state index in [2.05, 4.69) is 0 Å². The Hall–Kier alpha value is -4.08. The van der Waals surface area contributed by atoms with Crippen molar-refractivity contribution in [3.05, 3.63) is 112 Å². The largest absolute Gasteiger partial charge is 0.465 e. The van der Waals surface area contributed by atoms with Gasteiger partial charge < -0.3 is 10.5 Å². The van der Waals surface area contributed by atoms with Crippen molar-refractivity contribution in [2.45, 2.75) is 29.0 Å². The van der Waals surface area contributed by atoms with Crippen LogP contribution >= 0.6 is 11.8 Å². The second-order valence-corrected chi connectivity index (χ2v) is 12.2. The highest BCUT2D eigenvalue weighted by atomic mass is 32.2. The molecule has 198 valence electrons. The first-order valence-electron chi connectivity index (χ1n) is 12.1. The van der Waals surface area contributed by atoms with E-state index in [1.807, 2.05) is 50.2 Å². The van der Waals surface area contributed by atoms with Crippen molar-refractivity contribution in [3.8, 4) is 0 Å². The van der Waals surface area contributed by atoms with Crippen molar-refractivity contribution >= 4 is 50.1 Å². The minimum atomic E-state index is -4.27. The Morgan fingerprint density at radius 2 is 1.54 bits per heavy atom. The third kappa shape index (κ3) is 4.68. The molecule has 3 aromatic carbocycles. The van der Waals surface area contributed by atoms with Crippen LogP contribution in [-0.2, 0) is 19.4 Å². The molecule has 2 heterocycles. The number of thioether (sulfide) groups is 1. The summed E-state index contributed by atoms with van der Waals surface area (Å²) >= 11 is 1.03. The third-order valence-corrected chi connectivity index (χ3v) is 9.65. The standard InChI is InChI=1S/C30H26N2O5S2/c1-18-9-13-20(14-10-18)17-23-24(31)29(39(35,36)22-7-5-4-6-8-22)32-25(23)27(30(34)37-3)38-26(28(32)33)21-15-11-19(2)12-16-21/h4-17,26H,31H2,1-3H3/b23-17+. The molecule has 1 atom stereocenters. The number of aryl methyl sites for hydroxylation is 2. The first-order valence-corrected chi connectivity index (χ1v) is 14.5. The number of benzene rings is 3. The first-order chi connectivity index (χ1) is 18.6. The molecule has 9 heteroatoms. The Kier molecular flexibility index (Phi) is 6.96. The van der Waals surface area contributed by atoms with E-state index in [0.29, 0.717) is 5.56 Å². The number of sulfone groups is 1. The average molecular weight is 559 g/mol. The Bertz CT molecular complexity index is 1820. The molecular weight excluding hydrogens is 532 g/mol. The van der Waals surface area contributed by atoms with Gasteiger partial charge >= 0.3 is 5.97 Å². The molecule has 7 nitrogen and oxygen atoms in total. The molecule has 0 amide bonds. The molecule has 39 heavy (non-hydrogen) atoms. The van der Waals surface area contributed by atoms with Gasteiger partial charge in [-0.05, 0) is 43.2 Å². The summed E-state index contributed by atoms with van der Waals surface area (Å²) in [4.78, 5) is 27.4. The van der Waals surface area contributed by atoms with E-state index in [9.17, 15) is 18.0 Å². The molecule has 0 fully saturated rings. The number of ether oxygens (including phenoxy) is 1. The molecule has 2 N–H and O–H groups in total. The SMILES string of the molecule is COC(=O)C1=c2/c(=C/c3ccc(C)cc3)c(N)c(S(=O)(=O)c3ccccc3)n2C(=O)C(c2ccc(C)cc2)S1. The molecule has 1 aliphatic rings. The van der Waals surface area contributed by atoms with Gasteiger partial charge in [-0.25, -0.2) is 13.2 Å². The molecule has 1 aromatic heterocycles. The molecule has 5 rings (SSSR count). The molecule has 4 aromatic rings. The number of carbonyl (C=O) groups excluding carboxylic acids is 2. The van der Waals surface area contributed by atoms with Crippen LogP contribution in [0.3, 0.4) is 0 Å². The summed E-state index contributed by atoms with van der Waals surface area (Å²) in [6.45, 7) is 3.88. The fourth-order valence-electron chi connectivity index (χ4n) is 4.50. The number of nitrogens with zero attached hydrogens (tertiary/aromatic N) is 1. The van der Waals surface area contributed by atoms with E-state index in [1.165, 1.54) is 19.2 Å². The van der Waals surface area contributed by atoms with Crippen molar-refractivity contribution in [3.63, 3.8) is 0 Å². The number of aromatic nitrogens is 1. The average Bonchev–Trinajstić information content (AvgIpc) is 3.23. The van der Waals surface area contributed by atoms with Gasteiger partial charge in [-0.3, -0.25) is 9.36 Å². The highest BCUT2D eigenvalue weighted by Gasteiger charge is 2.39. The summed E-state index contributed by atoms with van der Waals surface area (Å²) in [7, 11) is -3.02. The quantitative estimate of drug-likeness (QED) is 0.372. The van der Waals surface area contributed by atoms with Crippen LogP contribution in [0.15, 0.2) is 88.8 Å². The minimum Gasteiger partial charge on any atom is -0.465 e. The van der Waals surface area contributed by atoms with E-state index in [4.69, 9.17) is 10.5 Å². The number of hydrogen-bond donors (Lipinski definition) is 1. The summed E-state index contributed by atoms with van der Waals surface area (Å²) < 4.78 is 34.2. The lowest BCUT2D eigenvalue weighted by molar-refractivity contribution is -0.133. The lowest BCUT2D eigenvalue weighted by atomic mass is 10.1. The Morgan fingerprint density at radius 1 is 0.949 bits per heavy atom. The number of hydrogen-bond acceptors (Lipinski definition) is 7. The van der Waals surface area contributed by atoms with Gasteiger partial charge in [0.2, 0.25) is 15.7 Å². The fourth-order valence-corrected chi connectivity index (χ4v) is 7.29. The van der Waals surface area contributed by atoms with Gasteiger partial charge in [0.05, 0.1) is 23.0 Å². The summed E-state index contributed by atoms with van der Waals surface area (Å²) in [5.74, 6) is -1.21. The Morgan fingerprint density at radius 3 is 2.13 bits per heavy atom. The lowest BCUT2D eigenvalue weighted by Gasteiger charge is -2.23. The van der Waals surface area contributed by atoms with Crippen LogP contribution in [0.1, 0.15) is 32.3 Å². The number of nitrogens with two attached hydrogens (primary N) is 1. The van der Waals surface area contributed by atoms with Crippen LogP contribution in [0.25, 0.3) is 11.0 Å². The van der Waals surface area contributed by atoms with Crippen LogP contribution in [0.2, 0.25) is 0 Å². The zero-order chi connectivity index (χ0) is 27.9. The number of fused-ring (bicyclic) bond motifs is 1. The summed E-state index contributed by atoms with van der Waals surface area (Å²) in [6, 6.07) is 22.6. The van der Waals surface area contributed by atoms with Crippen molar-refractivity contribution in [2.24, 2.45) is 0 Å². The lowest BCUT2D eigenvalue weighted by Crippen LogP contribution is -2.42. The second kappa shape index (κ2) is 10.2. The molecular formula is C30H26N2O5S2. The van der Waals surface area contributed by atoms with Gasteiger partial charge in [0.25, 0.3) is 0 Å². The smallest absolute Gasteiger partial charge is 0.346 e. The Labute approximate surface area is 230 Å². The molecule has 0 radical (unpaired) electrons. The van der Waals surface area contributed by atoms with Crippen molar-refractivity contribution in [1.82, 2.24) is 4.57 Å². The summed E-state index contributed by atoms with van der Waals surface area (Å²) in [5, 5.41) is -0.897. The van der Waals surface area contributed by atoms with Gasteiger partial charge in [0, 0.05) is 5.22 Å². The summed E-state index contributed by atoms with van der Waals surface area (Å²) in [6.07, 6.45) is 1.69. The first kappa shape index (κ1) is 26.5. The van der Waals surface area contributed by atoms with Crippen LogP contribution in [-0.4, -0.2) is 32.0 Å². The molecule has 0 bridgehead atoms. The highest BCUT2D eigenvalue weighted by Crippen LogP contribution is 2.40. The number of carbonyl (C=O) groups is 2. The maximum atomic E-state index is 14.2. The van der Waals surface area contributed by atoms with Crippen LogP contribution < -0.4 is 16.3 Å². The van der Waals surface area contributed by atoms with E-state index in [-0.39, 0.29) is 31.1 Å². The number of methoxy groups -OCH3 is 1. The number of nitrogen functional groups attached to an aromatic ring is 1. The number of rotatable bonds is 5. The molecule has 0 saturated carbocycles. The Balaban J connectivity index is 1.92. The topological polar surface area (TPSA) is 108 Å². The fraction of sp³-hybridized carbons (Fsp3) is 0.133. The van der Waals surface area contributed by atoms with E-state index in [1.54, 1.807) is 36.4 Å². The predicted octanol–water partition coefficient (Wildman–Crippen LogP) is 3.76. The van der Waals surface area contributed by atoms with E-state index >= 15 is 0 Å². The predicted molar refractivity (Wildman–Crippen MR) is 152 cm³/mol. The molecule has 0 saturated heterocycles. The maximum Gasteiger partial charge on any atom is 0.346 e. The third-order valence-electron chi connectivity index (χ3n) is 6.55. The van der Waals surface area contributed by atoms with Gasteiger partial charge in [0.1, 0.15) is 10.2 Å². The van der Waals surface area contributed by atoms with Gasteiger partial charge in [0.15, 0.2) is 5.03 Å². The van der Waals surface area contributed by atoms with Crippen LogP contribution in [0.5, 0.6) is 0 Å². The zero-order valence-electron chi connectivity index (χ0n) is 21.5. The van der Waals surface area contributed by atoms with Crippen molar-refractivity contribution in [2.75, 3.05) is 12.8 Å². The molecule has 0 aliphatic carbocycles.